The first-order valence-electron chi connectivity index (χ1n) is 5.02. The Morgan fingerprint density at radius 1 is 1.29 bits per heavy atom. The Morgan fingerprint density at radius 2 is 2.06 bits per heavy atom. The van der Waals surface area contributed by atoms with Crippen molar-refractivity contribution in [3.8, 4) is 11.3 Å². The number of fused-ring (bicyclic) bond motifs is 1. The molecule has 2 heterocycles. The summed E-state index contributed by atoms with van der Waals surface area (Å²) in [5.74, 6) is 0.318. The lowest BCUT2D eigenvalue weighted by Gasteiger charge is -2.00. The maximum atomic E-state index is 5.59. The van der Waals surface area contributed by atoms with Crippen LogP contribution in [0.5, 0.6) is 0 Å². The zero-order chi connectivity index (χ0) is 11.8. The minimum atomic E-state index is 0.318. The van der Waals surface area contributed by atoms with E-state index in [2.05, 4.69) is 40.6 Å². The van der Waals surface area contributed by atoms with Crippen molar-refractivity contribution in [2.45, 2.75) is 4.90 Å². The maximum Gasteiger partial charge on any atom is 0.241 e. The Kier molecular flexibility index (Phi) is 2.53. The molecular formula is C11H10N4S2. The molecule has 0 saturated carbocycles. The van der Waals surface area contributed by atoms with Crippen LogP contribution < -0.4 is 5.73 Å². The van der Waals surface area contributed by atoms with Crippen LogP contribution in [0.3, 0.4) is 0 Å². The van der Waals surface area contributed by atoms with Crippen molar-refractivity contribution in [2.24, 2.45) is 0 Å². The molecule has 3 aromatic rings. The van der Waals surface area contributed by atoms with E-state index in [1.807, 2.05) is 5.38 Å². The van der Waals surface area contributed by atoms with Crippen molar-refractivity contribution in [1.29, 1.82) is 0 Å². The van der Waals surface area contributed by atoms with Gasteiger partial charge in [-0.1, -0.05) is 12.1 Å². The first kappa shape index (κ1) is 10.6. The normalized spacial score (nSPS) is 11.1. The summed E-state index contributed by atoms with van der Waals surface area (Å²) < 4.78 is 1.79. The minimum Gasteiger partial charge on any atom is -0.366 e. The number of anilines is 1. The summed E-state index contributed by atoms with van der Waals surface area (Å²) in [6, 6.07) is 8.38. The second-order valence-electron chi connectivity index (χ2n) is 3.51. The van der Waals surface area contributed by atoms with Gasteiger partial charge in [0, 0.05) is 15.8 Å². The molecule has 3 rings (SSSR count). The largest absolute Gasteiger partial charge is 0.366 e. The van der Waals surface area contributed by atoms with Gasteiger partial charge in [0.2, 0.25) is 10.9 Å². The number of nitrogens with zero attached hydrogens (tertiary/aromatic N) is 3. The molecule has 0 aliphatic heterocycles. The number of thioether (sulfide) groups is 1. The number of aromatic nitrogens is 3. The maximum absolute atomic E-state index is 5.59. The van der Waals surface area contributed by atoms with Gasteiger partial charge in [0.05, 0.1) is 5.69 Å². The van der Waals surface area contributed by atoms with E-state index in [0.29, 0.717) is 5.95 Å². The van der Waals surface area contributed by atoms with Crippen molar-refractivity contribution in [2.75, 3.05) is 12.0 Å². The minimum absolute atomic E-state index is 0.318. The fourth-order valence-corrected chi connectivity index (χ4v) is 2.90. The molecule has 1 aromatic carbocycles. The standard InChI is InChI=1S/C11H10N4S2/c1-16-8-4-2-7(3-5-8)9-6-17-11-13-10(12)14-15(9)11/h2-6H,1H3,(H2,12,14). The van der Waals surface area contributed by atoms with E-state index in [-0.39, 0.29) is 0 Å². The number of nitrogens with two attached hydrogens (primary N) is 1. The second-order valence-corrected chi connectivity index (χ2v) is 5.23. The fraction of sp³-hybridized carbons (Fsp3) is 0.0909. The van der Waals surface area contributed by atoms with E-state index in [0.717, 1.165) is 16.2 Å². The van der Waals surface area contributed by atoms with Gasteiger partial charge in [-0.15, -0.1) is 28.2 Å². The van der Waals surface area contributed by atoms with E-state index in [9.17, 15) is 0 Å². The highest BCUT2D eigenvalue weighted by Crippen LogP contribution is 2.27. The number of nitrogen functional groups attached to an aromatic ring is 1. The lowest BCUT2D eigenvalue weighted by molar-refractivity contribution is 0.992. The molecule has 0 amide bonds. The molecule has 0 fully saturated rings. The monoisotopic (exact) mass is 262 g/mol. The highest BCUT2D eigenvalue weighted by molar-refractivity contribution is 7.98. The molecule has 2 N–H and O–H groups in total. The van der Waals surface area contributed by atoms with Crippen LogP contribution in [0.25, 0.3) is 16.2 Å². The number of hydrogen-bond acceptors (Lipinski definition) is 5. The number of hydrogen-bond donors (Lipinski definition) is 1. The molecule has 0 aliphatic carbocycles. The summed E-state index contributed by atoms with van der Waals surface area (Å²) in [6.45, 7) is 0. The fourth-order valence-electron chi connectivity index (χ4n) is 1.66. The smallest absolute Gasteiger partial charge is 0.241 e. The van der Waals surface area contributed by atoms with Crippen molar-refractivity contribution in [1.82, 2.24) is 14.6 Å². The van der Waals surface area contributed by atoms with Crippen LogP contribution in [0.4, 0.5) is 5.95 Å². The zero-order valence-electron chi connectivity index (χ0n) is 9.12. The van der Waals surface area contributed by atoms with Gasteiger partial charge < -0.3 is 5.73 Å². The summed E-state index contributed by atoms with van der Waals surface area (Å²) in [6.07, 6.45) is 2.07. The number of benzene rings is 1. The highest BCUT2D eigenvalue weighted by Gasteiger charge is 2.09. The SMILES string of the molecule is CSc1ccc(-c2csc3nc(N)nn23)cc1. The predicted octanol–water partition coefficient (Wildman–Crippen LogP) is 2.76. The predicted molar refractivity (Wildman–Crippen MR) is 72.5 cm³/mol. The Labute approximate surface area is 106 Å². The van der Waals surface area contributed by atoms with Crippen molar-refractivity contribution in [3.05, 3.63) is 29.6 Å². The molecule has 86 valence electrons. The van der Waals surface area contributed by atoms with Gasteiger partial charge in [-0.25, -0.2) is 4.52 Å². The first-order chi connectivity index (χ1) is 8.28. The molecule has 0 spiro atoms. The molecule has 6 heteroatoms. The summed E-state index contributed by atoms with van der Waals surface area (Å²) in [7, 11) is 0. The van der Waals surface area contributed by atoms with Crippen LogP contribution in [0.15, 0.2) is 34.5 Å². The van der Waals surface area contributed by atoms with Gasteiger partial charge in [0.15, 0.2) is 0 Å². The van der Waals surface area contributed by atoms with Crippen LogP contribution in [0.1, 0.15) is 0 Å². The van der Waals surface area contributed by atoms with Gasteiger partial charge in [-0.3, -0.25) is 0 Å². The van der Waals surface area contributed by atoms with Crippen molar-refractivity contribution >= 4 is 34.0 Å². The molecule has 0 aliphatic rings. The Bertz CT molecular complexity index is 654. The third-order valence-electron chi connectivity index (χ3n) is 2.48. The zero-order valence-corrected chi connectivity index (χ0v) is 10.8. The molecule has 0 atom stereocenters. The third-order valence-corrected chi connectivity index (χ3v) is 4.04. The van der Waals surface area contributed by atoms with Crippen LogP contribution in [-0.2, 0) is 0 Å². The summed E-state index contributed by atoms with van der Waals surface area (Å²) in [5.41, 5.74) is 7.74. The molecule has 4 nitrogen and oxygen atoms in total. The Balaban J connectivity index is 2.12. The number of thiazole rings is 1. The van der Waals surface area contributed by atoms with Crippen LogP contribution >= 0.6 is 23.1 Å². The van der Waals surface area contributed by atoms with Crippen molar-refractivity contribution < 1.29 is 0 Å². The Morgan fingerprint density at radius 3 is 2.76 bits per heavy atom. The van der Waals surface area contributed by atoms with Gasteiger partial charge in [-0.05, 0) is 18.4 Å². The first-order valence-corrected chi connectivity index (χ1v) is 7.12. The lowest BCUT2D eigenvalue weighted by atomic mass is 10.2. The van der Waals surface area contributed by atoms with Crippen LogP contribution in [0.2, 0.25) is 0 Å². The Hall–Kier alpha value is -1.53. The topological polar surface area (TPSA) is 56.2 Å². The average molecular weight is 262 g/mol. The van der Waals surface area contributed by atoms with Gasteiger partial charge in [0.1, 0.15) is 0 Å². The second kappa shape index (κ2) is 4.05. The van der Waals surface area contributed by atoms with E-state index in [1.165, 1.54) is 4.90 Å². The highest BCUT2D eigenvalue weighted by atomic mass is 32.2. The summed E-state index contributed by atoms with van der Waals surface area (Å²) in [4.78, 5) is 6.21. The van der Waals surface area contributed by atoms with E-state index >= 15 is 0 Å². The molecule has 2 aromatic heterocycles. The average Bonchev–Trinajstić information content (AvgIpc) is 2.88. The van der Waals surface area contributed by atoms with Gasteiger partial charge >= 0.3 is 0 Å². The third kappa shape index (κ3) is 1.79. The summed E-state index contributed by atoms with van der Waals surface area (Å²) in [5, 5.41) is 6.23. The molecule has 0 radical (unpaired) electrons. The van der Waals surface area contributed by atoms with Gasteiger partial charge in [-0.2, -0.15) is 4.98 Å². The van der Waals surface area contributed by atoms with Crippen LogP contribution in [-0.4, -0.2) is 20.9 Å². The van der Waals surface area contributed by atoms with Crippen molar-refractivity contribution in [3.63, 3.8) is 0 Å². The quantitative estimate of drug-likeness (QED) is 0.721. The van der Waals surface area contributed by atoms with E-state index in [4.69, 9.17) is 5.73 Å². The molecule has 0 saturated heterocycles. The number of rotatable bonds is 2. The molecule has 0 bridgehead atoms. The molecule has 0 unspecified atom stereocenters. The van der Waals surface area contributed by atoms with E-state index in [1.54, 1.807) is 27.6 Å². The molecule has 17 heavy (non-hydrogen) atoms. The molecular weight excluding hydrogens is 252 g/mol. The van der Waals surface area contributed by atoms with Crippen LogP contribution in [0, 0.1) is 0 Å². The van der Waals surface area contributed by atoms with E-state index < -0.39 is 0 Å². The summed E-state index contributed by atoms with van der Waals surface area (Å²) >= 11 is 3.27. The van der Waals surface area contributed by atoms with Gasteiger partial charge in [0.25, 0.3) is 0 Å². The lowest BCUT2D eigenvalue weighted by Crippen LogP contribution is -1.91.